The van der Waals surface area contributed by atoms with Crippen LogP contribution in [0.1, 0.15) is 29.0 Å². The summed E-state index contributed by atoms with van der Waals surface area (Å²) in [6.45, 7) is 0.771. The van der Waals surface area contributed by atoms with Crippen molar-refractivity contribution >= 4 is 11.9 Å². The maximum Gasteiger partial charge on any atom is 0.254 e. The number of benzene rings is 1. The molecule has 8 heteroatoms. The Hall–Kier alpha value is -3.29. The Balaban J connectivity index is 1.44. The molecule has 1 aromatic carbocycles. The maximum atomic E-state index is 12.5. The quantitative estimate of drug-likeness (QED) is 0.735. The number of amides is 1. The number of hydrogen-bond acceptors (Lipinski definition) is 6. The predicted molar refractivity (Wildman–Crippen MR) is 101 cm³/mol. The Morgan fingerprint density at radius 3 is 2.63 bits per heavy atom. The van der Waals surface area contributed by atoms with Gasteiger partial charge in [-0.1, -0.05) is 30.3 Å². The average molecular weight is 363 g/mol. The SMILES string of the molecule is CNc1ncc(C(=O)NC2CCc3nnc(-c4ccccc4)n3CC2)cn1. The number of nitrogens with one attached hydrogen (secondary N) is 2. The van der Waals surface area contributed by atoms with Gasteiger partial charge >= 0.3 is 0 Å². The zero-order valence-corrected chi connectivity index (χ0v) is 15.1. The van der Waals surface area contributed by atoms with Gasteiger partial charge in [0.2, 0.25) is 5.95 Å². The van der Waals surface area contributed by atoms with Crippen molar-refractivity contribution in [3.8, 4) is 11.4 Å². The Bertz CT molecular complexity index is 921. The molecule has 0 fully saturated rings. The number of fused-ring (bicyclic) bond motifs is 1. The molecule has 1 aliphatic heterocycles. The van der Waals surface area contributed by atoms with Crippen molar-refractivity contribution in [1.82, 2.24) is 30.0 Å². The van der Waals surface area contributed by atoms with Crippen LogP contribution >= 0.6 is 0 Å². The molecule has 2 aromatic heterocycles. The maximum absolute atomic E-state index is 12.5. The van der Waals surface area contributed by atoms with E-state index in [9.17, 15) is 4.79 Å². The molecule has 0 saturated heterocycles. The van der Waals surface area contributed by atoms with Gasteiger partial charge in [0.25, 0.3) is 5.91 Å². The number of anilines is 1. The summed E-state index contributed by atoms with van der Waals surface area (Å²) >= 11 is 0. The highest BCUT2D eigenvalue weighted by Gasteiger charge is 2.22. The predicted octanol–water partition coefficient (Wildman–Crippen LogP) is 1.91. The van der Waals surface area contributed by atoms with Gasteiger partial charge in [0.05, 0.1) is 5.56 Å². The topological polar surface area (TPSA) is 97.6 Å². The van der Waals surface area contributed by atoms with Gasteiger partial charge in [-0.15, -0.1) is 10.2 Å². The van der Waals surface area contributed by atoms with Crippen LogP contribution in [0.2, 0.25) is 0 Å². The van der Waals surface area contributed by atoms with E-state index in [-0.39, 0.29) is 11.9 Å². The summed E-state index contributed by atoms with van der Waals surface area (Å²) in [5.41, 5.74) is 1.52. The highest BCUT2D eigenvalue weighted by Crippen LogP contribution is 2.22. The zero-order chi connectivity index (χ0) is 18.6. The number of rotatable bonds is 4. The smallest absolute Gasteiger partial charge is 0.254 e. The first kappa shape index (κ1) is 17.1. The minimum Gasteiger partial charge on any atom is -0.357 e. The van der Waals surface area contributed by atoms with Gasteiger partial charge in [0, 0.05) is 44.0 Å². The number of carbonyl (C=O) groups is 1. The first-order valence-electron chi connectivity index (χ1n) is 9.03. The van der Waals surface area contributed by atoms with Crippen LogP contribution in [0.25, 0.3) is 11.4 Å². The molecule has 0 aliphatic carbocycles. The van der Waals surface area contributed by atoms with Crippen molar-refractivity contribution in [2.45, 2.75) is 31.8 Å². The molecule has 138 valence electrons. The van der Waals surface area contributed by atoms with Gasteiger partial charge in [0.15, 0.2) is 5.82 Å². The number of carbonyl (C=O) groups excluding carboxylic acids is 1. The number of aryl methyl sites for hydroxylation is 1. The molecule has 0 bridgehead atoms. The van der Waals surface area contributed by atoms with Crippen LogP contribution in [-0.4, -0.2) is 43.7 Å². The minimum atomic E-state index is -0.149. The lowest BCUT2D eigenvalue weighted by Crippen LogP contribution is -2.35. The molecule has 1 amide bonds. The Kier molecular flexibility index (Phi) is 4.78. The van der Waals surface area contributed by atoms with E-state index in [1.54, 1.807) is 7.05 Å². The van der Waals surface area contributed by atoms with E-state index in [4.69, 9.17) is 0 Å². The molecule has 0 radical (unpaired) electrons. The van der Waals surface area contributed by atoms with E-state index >= 15 is 0 Å². The highest BCUT2D eigenvalue weighted by molar-refractivity contribution is 5.93. The lowest BCUT2D eigenvalue weighted by molar-refractivity contribution is 0.0932. The fraction of sp³-hybridized carbons (Fsp3) is 0.316. The summed E-state index contributed by atoms with van der Waals surface area (Å²) in [6, 6.07) is 10.1. The molecule has 1 unspecified atom stereocenters. The molecule has 2 N–H and O–H groups in total. The van der Waals surface area contributed by atoms with Crippen molar-refractivity contribution in [1.29, 1.82) is 0 Å². The summed E-state index contributed by atoms with van der Waals surface area (Å²) in [4.78, 5) is 20.7. The van der Waals surface area contributed by atoms with E-state index in [1.165, 1.54) is 12.4 Å². The van der Waals surface area contributed by atoms with Crippen molar-refractivity contribution in [2.75, 3.05) is 12.4 Å². The van der Waals surface area contributed by atoms with Gasteiger partial charge in [-0.3, -0.25) is 4.79 Å². The number of nitrogens with zero attached hydrogens (tertiary/aromatic N) is 5. The Morgan fingerprint density at radius 1 is 1.11 bits per heavy atom. The van der Waals surface area contributed by atoms with Crippen molar-refractivity contribution in [3.63, 3.8) is 0 Å². The van der Waals surface area contributed by atoms with E-state index in [1.807, 2.05) is 30.3 Å². The third-order valence-electron chi connectivity index (χ3n) is 4.75. The molecule has 0 saturated carbocycles. The average Bonchev–Trinajstić information content (AvgIpc) is 3.03. The van der Waals surface area contributed by atoms with Gasteiger partial charge < -0.3 is 15.2 Å². The fourth-order valence-electron chi connectivity index (χ4n) is 3.28. The van der Waals surface area contributed by atoms with Crippen LogP contribution < -0.4 is 10.6 Å². The Labute approximate surface area is 157 Å². The molecule has 27 heavy (non-hydrogen) atoms. The van der Waals surface area contributed by atoms with Crippen LogP contribution in [0, 0.1) is 0 Å². The highest BCUT2D eigenvalue weighted by atomic mass is 16.1. The van der Waals surface area contributed by atoms with E-state index in [2.05, 4.69) is 35.4 Å². The second kappa shape index (κ2) is 7.53. The summed E-state index contributed by atoms with van der Waals surface area (Å²) < 4.78 is 2.16. The minimum absolute atomic E-state index is 0.0757. The van der Waals surface area contributed by atoms with Crippen LogP contribution in [0.4, 0.5) is 5.95 Å². The second-order valence-electron chi connectivity index (χ2n) is 6.50. The molecule has 3 heterocycles. The first-order valence-corrected chi connectivity index (χ1v) is 9.03. The van der Waals surface area contributed by atoms with Crippen LogP contribution in [0.3, 0.4) is 0 Å². The van der Waals surface area contributed by atoms with Gasteiger partial charge in [-0.25, -0.2) is 9.97 Å². The molecule has 0 spiro atoms. The molecule has 4 rings (SSSR count). The Morgan fingerprint density at radius 2 is 1.89 bits per heavy atom. The molecule has 8 nitrogen and oxygen atoms in total. The third-order valence-corrected chi connectivity index (χ3v) is 4.75. The molecular weight excluding hydrogens is 342 g/mol. The fourth-order valence-corrected chi connectivity index (χ4v) is 3.28. The first-order chi connectivity index (χ1) is 13.2. The van der Waals surface area contributed by atoms with Gasteiger partial charge in [-0.2, -0.15) is 0 Å². The van der Waals surface area contributed by atoms with Crippen molar-refractivity contribution < 1.29 is 4.79 Å². The van der Waals surface area contributed by atoms with Crippen molar-refractivity contribution in [3.05, 3.63) is 54.1 Å². The summed E-state index contributed by atoms with van der Waals surface area (Å²) in [5, 5.41) is 14.7. The normalized spacial score (nSPS) is 16.3. The standard InChI is InChI=1S/C19H21N7O/c1-20-19-21-11-14(12-22-19)18(27)23-15-7-8-16-24-25-17(26(16)10-9-15)13-5-3-2-4-6-13/h2-6,11-12,15H,7-10H2,1H3,(H,23,27)(H,20,21,22). The monoisotopic (exact) mass is 363 g/mol. The van der Waals surface area contributed by atoms with Crippen molar-refractivity contribution in [2.24, 2.45) is 0 Å². The van der Waals surface area contributed by atoms with E-state index in [0.29, 0.717) is 11.5 Å². The van der Waals surface area contributed by atoms with Crippen LogP contribution in [-0.2, 0) is 13.0 Å². The summed E-state index contributed by atoms with van der Waals surface area (Å²) in [7, 11) is 1.74. The molecule has 1 aliphatic rings. The molecule has 1 atom stereocenters. The summed E-state index contributed by atoms with van der Waals surface area (Å²) in [5.74, 6) is 2.19. The lowest BCUT2D eigenvalue weighted by atomic mass is 10.1. The second-order valence-corrected chi connectivity index (χ2v) is 6.50. The van der Waals surface area contributed by atoms with Crippen LogP contribution in [0.15, 0.2) is 42.7 Å². The molecule has 3 aromatic rings. The molecular formula is C19H21N7O. The van der Waals surface area contributed by atoms with E-state index < -0.39 is 0 Å². The van der Waals surface area contributed by atoms with Gasteiger partial charge in [0.1, 0.15) is 5.82 Å². The number of hydrogen-bond donors (Lipinski definition) is 2. The lowest BCUT2D eigenvalue weighted by Gasteiger charge is -2.16. The van der Waals surface area contributed by atoms with E-state index in [0.717, 1.165) is 43.0 Å². The number of aromatic nitrogens is 5. The van der Waals surface area contributed by atoms with Crippen LogP contribution in [0.5, 0.6) is 0 Å². The zero-order valence-electron chi connectivity index (χ0n) is 15.1. The summed E-state index contributed by atoms with van der Waals surface area (Å²) in [6.07, 6.45) is 5.50. The third kappa shape index (κ3) is 3.64. The largest absolute Gasteiger partial charge is 0.357 e. The van der Waals surface area contributed by atoms with Gasteiger partial charge in [-0.05, 0) is 12.8 Å².